The molecule has 0 atom stereocenters. The van der Waals surface area contributed by atoms with E-state index in [0.29, 0.717) is 15.8 Å². The van der Waals surface area contributed by atoms with Crippen molar-refractivity contribution in [1.29, 1.82) is 0 Å². The number of nitrogen functional groups attached to an aromatic ring is 1. The van der Waals surface area contributed by atoms with Crippen LogP contribution < -0.4 is 10.5 Å². The van der Waals surface area contributed by atoms with E-state index >= 15 is 0 Å². The molecule has 0 saturated heterocycles. The molecule has 0 fully saturated rings. The van der Waals surface area contributed by atoms with E-state index in [1.807, 2.05) is 6.92 Å². The minimum atomic E-state index is -3.70. The molecule has 0 amide bonds. The Morgan fingerprint density at radius 2 is 2.00 bits per heavy atom. The second-order valence-electron chi connectivity index (χ2n) is 3.98. The fourth-order valence-electron chi connectivity index (χ4n) is 1.46. The lowest BCUT2D eigenvalue weighted by Gasteiger charge is -2.10. The van der Waals surface area contributed by atoms with Gasteiger partial charge in [0, 0.05) is 15.9 Å². The first-order valence-electron chi connectivity index (χ1n) is 5.39. The molecule has 100 valence electrons. The number of halogens is 1. The topological polar surface area (TPSA) is 85.1 Å². The van der Waals surface area contributed by atoms with Gasteiger partial charge in [0.2, 0.25) is 0 Å². The van der Waals surface area contributed by atoms with E-state index in [0.717, 1.165) is 5.69 Å². The number of aromatic nitrogens is 1. The van der Waals surface area contributed by atoms with Crippen molar-refractivity contribution >= 4 is 37.3 Å². The van der Waals surface area contributed by atoms with Gasteiger partial charge in [-0.15, -0.1) is 0 Å². The number of hydrogen-bond acceptors (Lipinski definition) is 4. The van der Waals surface area contributed by atoms with Gasteiger partial charge in [-0.2, -0.15) is 0 Å². The maximum atomic E-state index is 12.2. The third kappa shape index (κ3) is 3.24. The molecule has 1 aromatic heterocycles. The van der Waals surface area contributed by atoms with Crippen molar-refractivity contribution in [2.75, 3.05) is 10.5 Å². The Labute approximate surface area is 120 Å². The Kier molecular flexibility index (Phi) is 3.77. The Morgan fingerprint density at radius 3 is 2.63 bits per heavy atom. The van der Waals surface area contributed by atoms with E-state index in [1.165, 1.54) is 12.3 Å². The van der Waals surface area contributed by atoms with Crippen LogP contribution in [0.15, 0.2) is 45.9 Å². The first kappa shape index (κ1) is 13.8. The number of nitrogens with one attached hydrogen (secondary N) is 1. The molecule has 7 heteroatoms. The minimum Gasteiger partial charge on any atom is -0.399 e. The summed E-state index contributed by atoms with van der Waals surface area (Å²) in [5, 5.41) is 0. The summed E-state index contributed by atoms with van der Waals surface area (Å²) in [5.74, 6) is 0. The number of rotatable bonds is 3. The molecule has 0 spiro atoms. The quantitative estimate of drug-likeness (QED) is 0.840. The minimum absolute atomic E-state index is 0.0908. The lowest BCUT2D eigenvalue weighted by Crippen LogP contribution is -2.14. The van der Waals surface area contributed by atoms with E-state index in [1.54, 1.807) is 24.3 Å². The standard InChI is InChI=1S/C12H12BrN3O2S/c1-8-2-4-10(7-15-8)16-19(17,18)12-6-9(14)3-5-11(12)13/h2-7,16H,14H2,1H3. The lowest BCUT2D eigenvalue weighted by molar-refractivity contribution is 0.601. The average molecular weight is 342 g/mol. The molecule has 0 aliphatic carbocycles. The zero-order chi connectivity index (χ0) is 14.0. The number of anilines is 2. The third-order valence-corrected chi connectivity index (χ3v) is 4.78. The zero-order valence-electron chi connectivity index (χ0n) is 10.1. The van der Waals surface area contributed by atoms with Gasteiger partial charge in [0.25, 0.3) is 10.0 Å². The van der Waals surface area contributed by atoms with Crippen molar-refractivity contribution < 1.29 is 8.42 Å². The maximum absolute atomic E-state index is 12.2. The summed E-state index contributed by atoms with van der Waals surface area (Å²) in [7, 11) is -3.70. The van der Waals surface area contributed by atoms with Gasteiger partial charge in [0.1, 0.15) is 4.90 Å². The monoisotopic (exact) mass is 341 g/mol. The van der Waals surface area contributed by atoms with Crippen molar-refractivity contribution in [3.63, 3.8) is 0 Å². The summed E-state index contributed by atoms with van der Waals surface area (Å²) in [5.41, 5.74) is 7.21. The molecule has 0 bridgehead atoms. The molecule has 0 aliphatic heterocycles. The lowest BCUT2D eigenvalue weighted by atomic mass is 10.3. The SMILES string of the molecule is Cc1ccc(NS(=O)(=O)c2cc(N)ccc2Br)cn1. The summed E-state index contributed by atoms with van der Waals surface area (Å²) < 4.78 is 27.4. The first-order chi connectivity index (χ1) is 8.88. The molecular formula is C12H12BrN3O2S. The number of pyridine rings is 1. The predicted octanol–water partition coefficient (Wildman–Crippen LogP) is 2.54. The van der Waals surface area contributed by atoms with Crippen molar-refractivity contribution in [2.24, 2.45) is 0 Å². The summed E-state index contributed by atoms with van der Waals surface area (Å²) in [6.45, 7) is 1.83. The van der Waals surface area contributed by atoms with Crippen LogP contribution in [0.4, 0.5) is 11.4 Å². The second-order valence-corrected chi connectivity index (χ2v) is 6.49. The van der Waals surface area contributed by atoms with Gasteiger partial charge in [0.15, 0.2) is 0 Å². The number of nitrogens with zero attached hydrogens (tertiary/aromatic N) is 1. The number of aryl methyl sites for hydroxylation is 1. The Bertz CT molecular complexity index is 699. The first-order valence-corrected chi connectivity index (χ1v) is 7.66. The smallest absolute Gasteiger partial charge is 0.263 e. The van der Waals surface area contributed by atoms with Crippen molar-refractivity contribution in [3.8, 4) is 0 Å². The van der Waals surface area contributed by atoms with Crippen LogP contribution in [0.25, 0.3) is 0 Å². The van der Waals surface area contributed by atoms with Crippen LogP contribution >= 0.6 is 15.9 Å². The number of nitrogens with two attached hydrogens (primary N) is 1. The van der Waals surface area contributed by atoms with Crippen LogP contribution in [0, 0.1) is 6.92 Å². The van der Waals surface area contributed by atoms with Gasteiger partial charge in [-0.1, -0.05) is 0 Å². The molecule has 1 heterocycles. The molecule has 0 unspecified atom stereocenters. The highest BCUT2D eigenvalue weighted by atomic mass is 79.9. The molecule has 0 saturated carbocycles. The molecular weight excluding hydrogens is 330 g/mol. The van der Waals surface area contributed by atoms with Gasteiger partial charge >= 0.3 is 0 Å². The third-order valence-electron chi connectivity index (χ3n) is 2.41. The van der Waals surface area contributed by atoms with Crippen molar-refractivity contribution in [2.45, 2.75) is 11.8 Å². The largest absolute Gasteiger partial charge is 0.399 e. The fourth-order valence-corrected chi connectivity index (χ4v) is 3.51. The molecule has 3 N–H and O–H groups in total. The van der Waals surface area contributed by atoms with Gasteiger partial charge in [-0.3, -0.25) is 9.71 Å². The van der Waals surface area contributed by atoms with E-state index in [4.69, 9.17) is 5.73 Å². The van der Waals surface area contributed by atoms with E-state index in [-0.39, 0.29) is 4.90 Å². The van der Waals surface area contributed by atoms with E-state index in [2.05, 4.69) is 25.6 Å². The van der Waals surface area contributed by atoms with Crippen LogP contribution in [-0.2, 0) is 10.0 Å². The Balaban J connectivity index is 2.37. The predicted molar refractivity (Wildman–Crippen MR) is 78.3 cm³/mol. The number of benzene rings is 1. The molecule has 5 nitrogen and oxygen atoms in total. The maximum Gasteiger partial charge on any atom is 0.263 e. The fraction of sp³-hybridized carbons (Fsp3) is 0.0833. The summed E-state index contributed by atoms with van der Waals surface area (Å²) in [4.78, 5) is 4.12. The molecule has 1 aromatic carbocycles. The highest BCUT2D eigenvalue weighted by Crippen LogP contribution is 2.26. The van der Waals surface area contributed by atoms with Crippen molar-refractivity contribution in [1.82, 2.24) is 4.98 Å². The van der Waals surface area contributed by atoms with Crippen LogP contribution in [0.2, 0.25) is 0 Å². The summed E-state index contributed by atoms with van der Waals surface area (Å²) in [6.07, 6.45) is 1.47. The molecule has 0 radical (unpaired) electrons. The second kappa shape index (κ2) is 5.18. The van der Waals surface area contributed by atoms with Gasteiger partial charge in [-0.05, 0) is 53.2 Å². The molecule has 2 aromatic rings. The molecule has 19 heavy (non-hydrogen) atoms. The van der Waals surface area contributed by atoms with E-state index in [9.17, 15) is 8.42 Å². The molecule has 2 rings (SSSR count). The Hall–Kier alpha value is -1.60. The van der Waals surface area contributed by atoms with Crippen molar-refractivity contribution in [3.05, 3.63) is 46.7 Å². The van der Waals surface area contributed by atoms with Crippen LogP contribution in [0.5, 0.6) is 0 Å². The van der Waals surface area contributed by atoms with Crippen LogP contribution in [-0.4, -0.2) is 13.4 Å². The van der Waals surface area contributed by atoms with Gasteiger partial charge in [0.05, 0.1) is 11.9 Å². The zero-order valence-corrected chi connectivity index (χ0v) is 12.5. The highest BCUT2D eigenvalue weighted by Gasteiger charge is 2.18. The van der Waals surface area contributed by atoms with Crippen LogP contribution in [0.3, 0.4) is 0 Å². The highest BCUT2D eigenvalue weighted by molar-refractivity contribution is 9.10. The van der Waals surface area contributed by atoms with Gasteiger partial charge in [-0.25, -0.2) is 8.42 Å². The Morgan fingerprint density at radius 1 is 1.26 bits per heavy atom. The normalized spacial score (nSPS) is 11.3. The summed E-state index contributed by atoms with van der Waals surface area (Å²) >= 11 is 3.20. The summed E-state index contributed by atoms with van der Waals surface area (Å²) in [6, 6.07) is 7.99. The number of sulfonamides is 1. The van der Waals surface area contributed by atoms with Gasteiger partial charge < -0.3 is 5.73 Å². The van der Waals surface area contributed by atoms with E-state index < -0.39 is 10.0 Å². The molecule has 0 aliphatic rings. The average Bonchev–Trinajstić information content (AvgIpc) is 2.35. The number of hydrogen-bond donors (Lipinski definition) is 2. The van der Waals surface area contributed by atoms with Crippen LogP contribution in [0.1, 0.15) is 5.69 Å².